The molecule has 0 aliphatic carbocycles. The van der Waals surface area contributed by atoms with Crippen LogP contribution in [-0.4, -0.2) is 40.8 Å². The molecule has 24 heavy (non-hydrogen) atoms. The van der Waals surface area contributed by atoms with Gasteiger partial charge in [0.15, 0.2) is 11.5 Å². The molecule has 0 aliphatic heterocycles. The van der Waals surface area contributed by atoms with Crippen LogP contribution in [0.1, 0.15) is 17.7 Å². The molecule has 0 amide bonds. The largest absolute Gasteiger partial charge is 0.396 e. The Morgan fingerprint density at radius 2 is 2.08 bits per heavy atom. The molecule has 0 atom stereocenters. The summed E-state index contributed by atoms with van der Waals surface area (Å²) in [7, 11) is 0. The van der Waals surface area contributed by atoms with Gasteiger partial charge in [-0.3, -0.25) is 4.98 Å². The molecule has 0 aromatic carbocycles. The molecule has 4 heterocycles. The Morgan fingerprint density at radius 3 is 2.83 bits per heavy atom. The van der Waals surface area contributed by atoms with E-state index < -0.39 is 0 Å². The van der Waals surface area contributed by atoms with Crippen molar-refractivity contribution in [2.45, 2.75) is 26.8 Å². The van der Waals surface area contributed by atoms with Crippen molar-refractivity contribution in [3.63, 3.8) is 0 Å². The molecule has 4 rings (SSSR count). The van der Waals surface area contributed by atoms with Crippen molar-refractivity contribution < 1.29 is 5.11 Å². The van der Waals surface area contributed by atoms with Crippen LogP contribution < -0.4 is 0 Å². The Hall–Kier alpha value is -2.80. The van der Waals surface area contributed by atoms with Gasteiger partial charge in [0, 0.05) is 36.8 Å². The first-order chi connectivity index (χ1) is 11.7. The molecule has 0 spiro atoms. The van der Waals surface area contributed by atoms with Gasteiger partial charge in [0.1, 0.15) is 12.0 Å². The lowest BCUT2D eigenvalue weighted by molar-refractivity contribution is 0.280. The fraction of sp³-hybridized carbons (Fsp3) is 0.294. The fourth-order valence-electron chi connectivity index (χ4n) is 3.05. The van der Waals surface area contributed by atoms with Crippen LogP contribution in [0.3, 0.4) is 0 Å². The Labute approximate surface area is 138 Å². The summed E-state index contributed by atoms with van der Waals surface area (Å²) in [5.74, 6) is 0.637. The summed E-state index contributed by atoms with van der Waals surface area (Å²) < 4.78 is 3.85. The molecule has 1 N–H and O–H groups in total. The summed E-state index contributed by atoms with van der Waals surface area (Å²) in [6.07, 6.45) is 5.88. The maximum Gasteiger partial charge on any atom is 0.183 e. The number of fused-ring (bicyclic) bond motifs is 3. The van der Waals surface area contributed by atoms with Crippen molar-refractivity contribution in [1.82, 2.24) is 29.1 Å². The van der Waals surface area contributed by atoms with Gasteiger partial charge < -0.3 is 9.67 Å². The highest BCUT2D eigenvalue weighted by Crippen LogP contribution is 2.28. The zero-order valence-corrected chi connectivity index (χ0v) is 13.6. The first-order valence-electron chi connectivity index (χ1n) is 7.92. The molecule has 0 saturated carbocycles. The molecular weight excluding hydrogens is 304 g/mol. The van der Waals surface area contributed by atoms with Crippen LogP contribution >= 0.6 is 0 Å². The van der Waals surface area contributed by atoms with Crippen LogP contribution in [0, 0.1) is 13.8 Å². The molecule has 7 heteroatoms. The summed E-state index contributed by atoms with van der Waals surface area (Å²) in [6.45, 7) is 5.05. The lowest BCUT2D eigenvalue weighted by Crippen LogP contribution is -2.03. The molecule has 0 aliphatic rings. The SMILES string of the molecule is Cc1c(C)n(CCCO)c2ncn3nc(-c4cccnc4)nc3c12. The molecule has 0 fully saturated rings. The second-order valence-electron chi connectivity index (χ2n) is 5.83. The number of rotatable bonds is 4. The van der Waals surface area contributed by atoms with E-state index in [1.165, 1.54) is 0 Å². The third-order valence-corrected chi connectivity index (χ3v) is 4.41. The maximum absolute atomic E-state index is 9.13. The van der Waals surface area contributed by atoms with Crippen LogP contribution in [0.4, 0.5) is 0 Å². The van der Waals surface area contributed by atoms with Gasteiger partial charge in [-0.2, -0.15) is 0 Å². The fourth-order valence-corrected chi connectivity index (χ4v) is 3.05. The van der Waals surface area contributed by atoms with Gasteiger partial charge in [-0.15, -0.1) is 5.10 Å². The summed E-state index contributed by atoms with van der Waals surface area (Å²) in [6, 6.07) is 3.81. The highest BCUT2D eigenvalue weighted by atomic mass is 16.3. The van der Waals surface area contributed by atoms with E-state index in [-0.39, 0.29) is 6.61 Å². The summed E-state index contributed by atoms with van der Waals surface area (Å²) in [5, 5.41) is 14.7. The number of aromatic nitrogens is 6. The Morgan fingerprint density at radius 1 is 1.21 bits per heavy atom. The highest BCUT2D eigenvalue weighted by Gasteiger charge is 2.18. The predicted octanol–water partition coefficient (Wildman–Crippen LogP) is 2.14. The summed E-state index contributed by atoms with van der Waals surface area (Å²) in [5.41, 5.74) is 4.85. The molecule has 0 unspecified atom stereocenters. The van der Waals surface area contributed by atoms with Gasteiger partial charge >= 0.3 is 0 Å². The standard InChI is InChI=1S/C17H18N6O/c1-11-12(2)22(7-4-8-24)16-14(11)17-20-15(21-23(17)10-19-16)13-5-3-6-18-9-13/h3,5-6,9-10,24H,4,7-8H2,1-2H3. The smallest absolute Gasteiger partial charge is 0.183 e. The number of aryl methyl sites for hydroxylation is 2. The van der Waals surface area contributed by atoms with Gasteiger partial charge in [-0.25, -0.2) is 14.5 Å². The number of aliphatic hydroxyl groups excluding tert-OH is 1. The molecular formula is C17H18N6O. The van der Waals surface area contributed by atoms with Gasteiger partial charge in [0.25, 0.3) is 0 Å². The maximum atomic E-state index is 9.13. The van der Waals surface area contributed by atoms with E-state index in [4.69, 9.17) is 10.1 Å². The number of nitrogens with zero attached hydrogens (tertiary/aromatic N) is 6. The first kappa shape index (κ1) is 14.8. The van der Waals surface area contributed by atoms with Gasteiger partial charge in [-0.1, -0.05) is 0 Å². The second kappa shape index (κ2) is 5.68. The zero-order valence-electron chi connectivity index (χ0n) is 13.6. The number of aliphatic hydroxyl groups is 1. The Balaban J connectivity index is 1.96. The van der Waals surface area contributed by atoms with E-state index in [9.17, 15) is 0 Å². The Kier molecular flexibility index (Phi) is 3.50. The molecule has 0 saturated heterocycles. The van der Waals surface area contributed by atoms with Crippen molar-refractivity contribution in [3.05, 3.63) is 42.1 Å². The second-order valence-corrected chi connectivity index (χ2v) is 5.83. The van der Waals surface area contributed by atoms with E-state index in [1.54, 1.807) is 23.2 Å². The van der Waals surface area contributed by atoms with E-state index in [0.29, 0.717) is 12.2 Å². The van der Waals surface area contributed by atoms with Crippen molar-refractivity contribution in [2.75, 3.05) is 6.61 Å². The topological polar surface area (TPSA) is 81.1 Å². The zero-order chi connectivity index (χ0) is 16.7. The highest BCUT2D eigenvalue weighted by molar-refractivity contribution is 5.94. The van der Waals surface area contributed by atoms with E-state index in [1.807, 2.05) is 12.1 Å². The lowest BCUT2D eigenvalue weighted by atomic mass is 10.2. The Bertz CT molecular complexity index is 1020. The minimum atomic E-state index is 0.163. The molecule has 0 bridgehead atoms. The molecule has 0 radical (unpaired) electrons. The summed E-state index contributed by atoms with van der Waals surface area (Å²) in [4.78, 5) is 13.4. The van der Waals surface area contributed by atoms with E-state index in [2.05, 4.69) is 33.5 Å². The third kappa shape index (κ3) is 2.16. The molecule has 7 nitrogen and oxygen atoms in total. The van der Waals surface area contributed by atoms with Gasteiger partial charge in [0.05, 0.1) is 5.39 Å². The third-order valence-electron chi connectivity index (χ3n) is 4.41. The first-order valence-corrected chi connectivity index (χ1v) is 7.92. The monoisotopic (exact) mass is 322 g/mol. The number of pyridine rings is 1. The average Bonchev–Trinajstić information content (AvgIpc) is 3.14. The van der Waals surface area contributed by atoms with Crippen molar-refractivity contribution in [3.8, 4) is 11.4 Å². The molecule has 4 aromatic rings. The minimum Gasteiger partial charge on any atom is -0.396 e. The van der Waals surface area contributed by atoms with Gasteiger partial charge in [-0.05, 0) is 38.0 Å². The van der Waals surface area contributed by atoms with E-state index in [0.717, 1.165) is 40.0 Å². The van der Waals surface area contributed by atoms with Crippen LogP contribution in [-0.2, 0) is 6.54 Å². The van der Waals surface area contributed by atoms with Crippen LogP contribution in [0.2, 0.25) is 0 Å². The minimum absolute atomic E-state index is 0.163. The van der Waals surface area contributed by atoms with Crippen molar-refractivity contribution >= 4 is 16.7 Å². The van der Waals surface area contributed by atoms with Gasteiger partial charge in [0.2, 0.25) is 0 Å². The molecule has 4 aromatic heterocycles. The summed E-state index contributed by atoms with van der Waals surface area (Å²) >= 11 is 0. The average molecular weight is 322 g/mol. The van der Waals surface area contributed by atoms with Crippen LogP contribution in [0.15, 0.2) is 30.9 Å². The predicted molar refractivity (Wildman–Crippen MR) is 90.7 cm³/mol. The quantitative estimate of drug-likeness (QED) is 0.622. The van der Waals surface area contributed by atoms with Crippen LogP contribution in [0.25, 0.3) is 28.1 Å². The van der Waals surface area contributed by atoms with Crippen molar-refractivity contribution in [2.24, 2.45) is 0 Å². The number of hydrogen-bond acceptors (Lipinski definition) is 5. The lowest BCUT2D eigenvalue weighted by Gasteiger charge is -2.05. The molecule has 122 valence electrons. The van der Waals surface area contributed by atoms with E-state index >= 15 is 0 Å². The normalized spacial score (nSPS) is 11.6. The van der Waals surface area contributed by atoms with Crippen LogP contribution in [0.5, 0.6) is 0 Å². The number of hydrogen-bond donors (Lipinski definition) is 1. The van der Waals surface area contributed by atoms with Crippen molar-refractivity contribution in [1.29, 1.82) is 0 Å².